The number of pyridine rings is 1. The van der Waals surface area contributed by atoms with E-state index in [0.717, 1.165) is 22.3 Å². The van der Waals surface area contributed by atoms with Crippen LogP contribution in [0.1, 0.15) is 42.4 Å². The normalized spacial score (nSPS) is 11.1. The zero-order chi connectivity index (χ0) is 25.7. The van der Waals surface area contributed by atoms with Crippen LogP contribution >= 0.6 is 11.6 Å². The van der Waals surface area contributed by atoms with Gasteiger partial charge >= 0.3 is 0 Å². The first-order valence-electron chi connectivity index (χ1n) is 11.4. The van der Waals surface area contributed by atoms with Crippen LogP contribution in [0.3, 0.4) is 0 Å². The molecule has 1 N–H and O–H groups in total. The Morgan fingerprint density at radius 1 is 1.00 bits per heavy atom. The van der Waals surface area contributed by atoms with Crippen LogP contribution < -0.4 is 14.8 Å². The second-order valence-corrected chi connectivity index (χ2v) is 9.57. The van der Waals surface area contributed by atoms with Gasteiger partial charge in [-0.2, -0.15) is 0 Å². The van der Waals surface area contributed by atoms with Crippen LogP contribution in [0.25, 0.3) is 11.1 Å². The van der Waals surface area contributed by atoms with Gasteiger partial charge in [-0.1, -0.05) is 62.7 Å². The van der Waals surface area contributed by atoms with E-state index in [0.29, 0.717) is 23.9 Å². The van der Waals surface area contributed by atoms with E-state index in [-0.39, 0.29) is 16.3 Å². The van der Waals surface area contributed by atoms with Gasteiger partial charge in [0.2, 0.25) is 5.88 Å². The van der Waals surface area contributed by atoms with Crippen LogP contribution in [-0.2, 0) is 12.0 Å². The van der Waals surface area contributed by atoms with Gasteiger partial charge in [0.15, 0.2) is 10.8 Å². The molecule has 0 aliphatic heterocycles. The molecule has 2 aromatic heterocycles. The van der Waals surface area contributed by atoms with Gasteiger partial charge in [-0.3, -0.25) is 4.79 Å². The summed E-state index contributed by atoms with van der Waals surface area (Å²) < 4.78 is 11.9. The lowest BCUT2D eigenvalue weighted by Crippen LogP contribution is -2.18. The Morgan fingerprint density at radius 3 is 2.44 bits per heavy atom. The number of aromatic nitrogens is 3. The Bertz CT molecular complexity index is 1350. The molecular formula is C28H27ClN4O3. The van der Waals surface area contributed by atoms with Gasteiger partial charge in [-0.25, -0.2) is 4.98 Å². The highest BCUT2D eigenvalue weighted by Crippen LogP contribution is 2.42. The van der Waals surface area contributed by atoms with Crippen molar-refractivity contribution >= 4 is 23.2 Å². The number of carbonyl (C=O) groups excluding carboxylic acids is 1. The number of rotatable bonds is 7. The molecule has 2 aromatic carbocycles. The Balaban J connectivity index is 1.76. The molecule has 4 rings (SSSR count). The van der Waals surface area contributed by atoms with Crippen molar-refractivity contribution in [3.05, 3.63) is 94.9 Å². The Hall–Kier alpha value is -3.97. The highest BCUT2D eigenvalue weighted by atomic mass is 35.5. The highest BCUT2D eigenvalue weighted by Gasteiger charge is 2.25. The third-order valence-corrected chi connectivity index (χ3v) is 5.72. The van der Waals surface area contributed by atoms with Crippen molar-refractivity contribution in [2.24, 2.45) is 0 Å². The van der Waals surface area contributed by atoms with E-state index >= 15 is 0 Å². The summed E-state index contributed by atoms with van der Waals surface area (Å²) >= 11 is 5.82. The van der Waals surface area contributed by atoms with Crippen LogP contribution in [0.15, 0.2) is 72.9 Å². The maximum atomic E-state index is 13.0. The molecule has 0 saturated carbocycles. The lowest BCUT2D eigenvalue weighted by Gasteiger charge is -2.25. The summed E-state index contributed by atoms with van der Waals surface area (Å²) in [5, 5.41) is 10.8. The monoisotopic (exact) mass is 502 g/mol. The molecule has 184 valence electrons. The second kappa shape index (κ2) is 10.7. The van der Waals surface area contributed by atoms with Gasteiger partial charge < -0.3 is 14.8 Å². The number of hydrogen-bond acceptors (Lipinski definition) is 6. The van der Waals surface area contributed by atoms with E-state index in [9.17, 15) is 4.79 Å². The Labute approximate surface area is 215 Å². The van der Waals surface area contributed by atoms with Crippen molar-refractivity contribution in [1.82, 2.24) is 15.2 Å². The first-order valence-corrected chi connectivity index (χ1v) is 11.8. The second-order valence-electron chi connectivity index (χ2n) is 9.18. The molecule has 0 bridgehead atoms. The standard InChI is InChI=1S/C28H27ClN4O3/c1-28(2,3)21-15-19(20-11-8-14-30-27(20)36-17-18-9-6-5-7-10-18)16-23(25(21)35-4)31-26(34)22-12-13-24(29)33-32-22/h5-16H,17H2,1-4H3,(H,31,34). The summed E-state index contributed by atoms with van der Waals surface area (Å²) in [6.07, 6.45) is 1.69. The first-order chi connectivity index (χ1) is 17.3. The number of benzene rings is 2. The Kier molecular flexibility index (Phi) is 7.50. The zero-order valence-corrected chi connectivity index (χ0v) is 21.3. The molecule has 0 spiro atoms. The smallest absolute Gasteiger partial charge is 0.276 e. The minimum absolute atomic E-state index is 0.137. The van der Waals surface area contributed by atoms with Crippen molar-refractivity contribution in [3.63, 3.8) is 0 Å². The van der Waals surface area contributed by atoms with E-state index in [2.05, 4.69) is 41.3 Å². The average Bonchev–Trinajstić information content (AvgIpc) is 2.87. The van der Waals surface area contributed by atoms with Crippen molar-refractivity contribution < 1.29 is 14.3 Å². The SMILES string of the molecule is COc1c(NC(=O)c2ccc(Cl)nn2)cc(-c2cccnc2OCc2ccccc2)cc1C(C)(C)C. The Morgan fingerprint density at radius 2 is 1.78 bits per heavy atom. The van der Waals surface area contributed by atoms with Crippen molar-refractivity contribution in [3.8, 4) is 22.8 Å². The van der Waals surface area contributed by atoms with E-state index in [1.54, 1.807) is 13.3 Å². The summed E-state index contributed by atoms with van der Waals surface area (Å²) in [6, 6.07) is 20.6. The summed E-state index contributed by atoms with van der Waals surface area (Å²) in [7, 11) is 1.58. The highest BCUT2D eigenvalue weighted by molar-refractivity contribution is 6.29. The number of nitrogens with zero attached hydrogens (tertiary/aromatic N) is 3. The number of anilines is 1. The van der Waals surface area contributed by atoms with Crippen LogP contribution in [0.2, 0.25) is 5.15 Å². The van der Waals surface area contributed by atoms with Crippen molar-refractivity contribution in [2.75, 3.05) is 12.4 Å². The molecule has 7 nitrogen and oxygen atoms in total. The van der Waals surface area contributed by atoms with Crippen LogP contribution in [0.4, 0.5) is 5.69 Å². The van der Waals surface area contributed by atoms with E-state index < -0.39 is 5.91 Å². The molecule has 0 aliphatic rings. The molecule has 0 radical (unpaired) electrons. The number of carbonyl (C=O) groups is 1. The van der Waals surface area contributed by atoms with Gasteiger partial charge in [0.25, 0.3) is 5.91 Å². The van der Waals surface area contributed by atoms with Gasteiger partial charge in [-0.15, -0.1) is 10.2 Å². The summed E-state index contributed by atoms with van der Waals surface area (Å²) in [4.78, 5) is 17.5. The number of halogens is 1. The fourth-order valence-electron chi connectivity index (χ4n) is 3.73. The lowest BCUT2D eigenvalue weighted by molar-refractivity contribution is 0.102. The molecule has 4 aromatic rings. The fraction of sp³-hybridized carbons (Fsp3) is 0.214. The molecule has 36 heavy (non-hydrogen) atoms. The summed E-state index contributed by atoms with van der Waals surface area (Å²) in [6.45, 7) is 6.63. The molecule has 0 saturated heterocycles. The zero-order valence-electron chi connectivity index (χ0n) is 20.6. The predicted octanol–water partition coefficient (Wildman–Crippen LogP) is 6.33. The number of hydrogen-bond donors (Lipinski definition) is 1. The summed E-state index contributed by atoms with van der Waals surface area (Å²) in [5.74, 6) is 0.630. The van der Waals surface area contributed by atoms with Crippen LogP contribution in [-0.4, -0.2) is 28.2 Å². The lowest BCUT2D eigenvalue weighted by atomic mass is 9.84. The minimum Gasteiger partial charge on any atom is -0.494 e. The third-order valence-electron chi connectivity index (χ3n) is 5.51. The molecule has 0 fully saturated rings. The van der Waals surface area contributed by atoms with E-state index in [1.807, 2.05) is 54.6 Å². The maximum Gasteiger partial charge on any atom is 0.276 e. The van der Waals surface area contributed by atoms with Crippen LogP contribution in [0, 0.1) is 0 Å². The number of methoxy groups -OCH3 is 1. The molecule has 1 amide bonds. The fourth-order valence-corrected chi connectivity index (χ4v) is 3.83. The number of nitrogens with one attached hydrogen (secondary N) is 1. The molecule has 0 atom stereocenters. The molecule has 2 heterocycles. The van der Waals surface area contributed by atoms with E-state index in [4.69, 9.17) is 21.1 Å². The van der Waals surface area contributed by atoms with Gasteiger partial charge in [-0.05, 0) is 52.9 Å². The molecule has 0 aliphatic carbocycles. The van der Waals surface area contributed by atoms with Crippen molar-refractivity contribution in [2.45, 2.75) is 32.8 Å². The van der Waals surface area contributed by atoms with E-state index in [1.165, 1.54) is 12.1 Å². The predicted molar refractivity (Wildman–Crippen MR) is 141 cm³/mol. The largest absolute Gasteiger partial charge is 0.494 e. The topological polar surface area (TPSA) is 86.2 Å². The van der Waals surface area contributed by atoms with Crippen molar-refractivity contribution in [1.29, 1.82) is 0 Å². The first kappa shape index (κ1) is 25.1. The van der Waals surface area contributed by atoms with Gasteiger partial charge in [0.05, 0.1) is 12.8 Å². The van der Waals surface area contributed by atoms with Gasteiger partial charge in [0, 0.05) is 17.3 Å². The molecular weight excluding hydrogens is 476 g/mol. The van der Waals surface area contributed by atoms with Gasteiger partial charge in [0.1, 0.15) is 12.4 Å². The quantitative estimate of drug-likeness (QED) is 0.318. The molecule has 0 unspecified atom stereocenters. The van der Waals surface area contributed by atoms with Crippen LogP contribution in [0.5, 0.6) is 11.6 Å². The number of amides is 1. The average molecular weight is 503 g/mol. The number of ether oxygens (including phenoxy) is 2. The summed E-state index contributed by atoms with van der Waals surface area (Å²) in [5.41, 5.74) is 3.93. The third kappa shape index (κ3) is 5.80. The molecule has 8 heteroatoms. The minimum atomic E-state index is -0.429. The maximum absolute atomic E-state index is 13.0.